The minimum atomic E-state index is 0. The van der Waals surface area contributed by atoms with Crippen molar-refractivity contribution in [3.05, 3.63) is 36.3 Å². The van der Waals surface area contributed by atoms with Crippen molar-refractivity contribution in [2.45, 2.75) is 45.1 Å². The number of aliphatic imine (C=N–C) groups is 1. The number of nitrogens with zero attached hydrogens (tertiary/aromatic N) is 2. The number of furan rings is 1. The molecule has 0 aromatic carbocycles. The number of likely N-dealkylation sites (N-methyl/N-ethyl adjacent to an activating group) is 1. The average molecular weight is 417 g/mol. The Morgan fingerprint density at radius 2 is 2.18 bits per heavy atom. The fourth-order valence-corrected chi connectivity index (χ4v) is 2.74. The van der Waals surface area contributed by atoms with Crippen molar-refractivity contribution in [2.75, 3.05) is 20.1 Å². The van der Waals surface area contributed by atoms with Crippen LogP contribution in [-0.2, 0) is 6.42 Å². The van der Waals surface area contributed by atoms with Gasteiger partial charge in [-0.1, -0.05) is 25.0 Å². The van der Waals surface area contributed by atoms with Gasteiger partial charge in [-0.15, -0.1) is 24.0 Å². The maximum Gasteiger partial charge on any atom is 0.194 e. The lowest BCUT2D eigenvalue weighted by Crippen LogP contribution is -2.44. The number of nitrogens with one attached hydrogen (secondary N) is 1. The van der Waals surface area contributed by atoms with Crippen LogP contribution in [0.15, 0.2) is 40.0 Å². The van der Waals surface area contributed by atoms with E-state index in [4.69, 9.17) is 9.41 Å². The predicted octanol–water partition coefficient (Wildman–Crippen LogP) is 3.84. The first-order valence-electron chi connectivity index (χ1n) is 7.84. The summed E-state index contributed by atoms with van der Waals surface area (Å²) in [6.07, 6.45) is 7.69. The molecule has 0 unspecified atom stereocenters. The number of hydrogen-bond acceptors (Lipinski definition) is 2. The van der Waals surface area contributed by atoms with E-state index >= 15 is 0 Å². The second kappa shape index (κ2) is 9.92. The summed E-state index contributed by atoms with van der Waals surface area (Å²) >= 11 is 0. The average Bonchev–Trinajstić information content (AvgIpc) is 3.09. The van der Waals surface area contributed by atoms with E-state index in [-0.39, 0.29) is 24.0 Å². The van der Waals surface area contributed by atoms with Crippen molar-refractivity contribution in [2.24, 2.45) is 4.99 Å². The predicted molar refractivity (Wildman–Crippen MR) is 103 cm³/mol. The van der Waals surface area contributed by atoms with Crippen molar-refractivity contribution in [3.63, 3.8) is 0 Å². The molecule has 124 valence electrons. The van der Waals surface area contributed by atoms with E-state index < -0.39 is 0 Å². The molecule has 0 aliphatic heterocycles. The van der Waals surface area contributed by atoms with Gasteiger partial charge in [0.1, 0.15) is 5.76 Å². The fraction of sp³-hybridized carbons (Fsp3) is 0.588. The molecular weight excluding hydrogens is 389 g/mol. The molecule has 0 atom stereocenters. The van der Waals surface area contributed by atoms with Crippen molar-refractivity contribution in [1.29, 1.82) is 0 Å². The highest BCUT2D eigenvalue weighted by molar-refractivity contribution is 14.0. The van der Waals surface area contributed by atoms with E-state index in [1.165, 1.54) is 25.7 Å². The Balaban J connectivity index is 0.00000242. The van der Waals surface area contributed by atoms with Gasteiger partial charge in [-0.2, -0.15) is 0 Å². The third kappa shape index (κ3) is 6.42. The van der Waals surface area contributed by atoms with Gasteiger partial charge in [0, 0.05) is 32.6 Å². The topological polar surface area (TPSA) is 40.8 Å². The monoisotopic (exact) mass is 417 g/mol. The summed E-state index contributed by atoms with van der Waals surface area (Å²) in [4.78, 5) is 6.90. The first-order chi connectivity index (χ1) is 10.1. The molecule has 0 bridgehead atoms. The molecule has 1 aromatic heterocycles. The van der Waals surface area contributed by atoms with Gasteiger partial charge in [-0.3, -0.25) is 4.99 Å². The third-order valence-corrected chi connectivity index (χ3v) is 3.76. The second-order valence-electron chi connectivity index (χ2n) is 5.97. The molecule has 1 saturated carbocycles. The van der Waals surface area contributed by atoms with Gasteiger partial charge >= 0.3 is 0 Å². The number of hydrogen-bond donors (Lipinski definition) is 1. The Morgan fingerprint density at radius 3 is 2.77 bits per heavy atom. The Labute approximate surface area is 151 Å². The van der Waals surface area contributed by atoms with E-state index in [0.29, 0.717) is 6.04 Å². The molecule has 1 heterocycles. The molecule has 1 N–H and O–H groups in total. The van der Waals surface area contributed by atoms with Crippen LogP contribution < -0.4 is 5.32 Å². The summed E-state index contributed by atoms with van der Waals surface area (Å²) in [5.74, 6) is 1.97. The van der Waals surface area contributed by atoms with Crippen molar-refractivity contribution in [1.82, 2.24) is 10.2 Å². The molecule has 0 spiro atoms. The molecule has 0 amide bonds. The van der Waals surface area contributed by atoms with Crippen LogP contribution in [0.3, 0.4) is 0 Å². The summed E-state index contributed by atoms with van der Waals surface area (Å²) in [6, 6.07) is 4.49. The molecule has 5 heteroatoms. The Kier molecular flexibility index (Phi) is 8.60. The molecule has 0 radical (unpaired) electrons. The quantitative estimate of drug-likeness (QED) is 0.331. The summed E-state index contributed by atoms with van der Waals surface area (Å²) in [5.41, 5.74) is 1.14. The number of guanidine groups is 1. The normalized spacial score (nSPS) is 15.5. The zero-order valence-corrected chi connectivity index (χ0v) is 16.0. The summed E-state index contributed by atoms with van der Waals surface area (Å²) < 4.78 is 5.36. The minimum Gasteiger partial charge on any atom is -0.469 e. The van der Waals surface area contributed by atoms with Gasteiger partial charge in [-0.05, 0) is 31.9 Å². The molecule has 1 fully saturated rings. The number of halogens is 1. The van der Waals surface area contributed by atoms with Crippen LogP contribution in [0.5, 0.6) is 0 Å². The highest BCUT2D eigenvalue weighted by Gasteiger charge is 2.18. The largest absolute Gasteiger partial charge is 0.469 e. The van der Waals surface area contributed by atoms with Crippen LogP contribution >= 0.6 is 24.0 Å². The molecule has 2 rings (SSSR count). The lowest BCUT2D eigenvalue weighted by atomic mass is 10.2. The van der Waals surface area contributed by atoms with Gasteiger partial charge in [-0.25, -0.2) is 0 Å². The van der Waals surface area contributed by atoms with Crippen LogP contribution in [0, 0.1) is 0 Å². The zero-order chi connectivity index (χ0) is 15.1. The molecular formula is C17H28IN3O. The van der Waals surface area contributed by atoms with Crippen molar-refractivity contribution in [3.8, 4) is 0 Å². The maximum atomic E-state index is 5.36. The van der Waals surface area contributed by atoms with Crippen LogP contribution in [-0.4, -0.2) is 37.0 Å². The summed E-state index contributed by atoms with van der Waals surface area (Å²) in [7, 11) is 2.07. The van der Waals surface area contributed by atoms with Crippen LogP contribution in [0.1, 0.15) is 38.4 Å². The molecule has 1 aromatic rings. The van der Waals surface area contributed by atoms with Crippen LogP contribution in [0.25, 0.3) is 0 Å². The lowest BCUT2D eigenvalue weighted by Gasteiger charge is -2.25. The van der Waals surface area contributed by atoms with Crippen molar-refractivity contribution < 1.29 is 4.42 Å². The Morgan fingerprint density at radius 1 is 1.45 bits per heavy atom. The highest BCUT2D eigenvalue weighted by Crippen LogP contribution is 2.17. The molecule has 1 aliphatic carbocycles. The number of rotatable bonds is 6. The molecule has 4 nitrogen and oxygen atoms in total. The standard InChI is InChI=1S/C17H27N3O.HI/c1-14(2)13-20(3)17(19-15-7-4-5-8-15)18-11-10-16-9-6-12-21-16;/h6,9,12,15H,1,4-5,7-8,10-11,13H2,2-3H3,(H,18,19);1H. The Bertz CT molecular complexity index is 464. The fourth-order valence-electron chi connectivity index (χ4n) is 2.74. The maximum absolute atomic E-state index is 5.36. The SMILES string of the molecule is C=C(C)CN(C)C(=NCCc1ccco1)NC1CCCC1.I. The Hall–Kier alpha value is -0.980. The minimum absolute atomic E-state index is 0. The smallest absolute Gasteiger partial charge is 0.194 e. The molecule has 1 aliphatic rings. The van der Waals surface area contributed by atoms with E-state index in [2.05, 4.69) is 23.8 Å². The third-order valence-electron chi connectivity index (χ3n) is 3.76. The van der Waals surface area contributed by atoms with Crippen molar-refractivity contribution >= 4 is 29.9 Å². The van der Waals surface area contributed by atoms with Crippen LogP contribution in [0.2, 0.25) is 0 Å². The highest BCUT2D eigenvalue weighted by atomic mass is 127. The van der Waals surface area contributed by atoms with E-state index in [0.717, 1.165) is 36.8 Å². The van der Waals surface area contributed by atoms with E-state index in [1.54, 1.807) is 6.26 Å². The van der Waals surface area contributed by atoms with E-state index in [9.17, 15) is 0 Å². The van der Waals surface area contributed by atoms with Gasteiger partial charge in [0.05, 0.1) is 6.26 Å². The van der Waals surface area contributed by atoms with Gasteiger partial charge in [0.25, 0.3) is 0 Å². The van der Waals surface area contributed by atoms with Gasteiger partial charge < -0.3 is 14.6 Å². The van der Waals surface area contributed by atoms with Gasteiger partial charge in [0.15, 0.2) is 5.96 Å². The van der Waals surface area contributed by atoms with Crippen LogP contribution in [0.4, 0.5) is 0 Å². The summed E-state index contributed by atoms with van der Waals surface area (Å²) in [5, 5.41) is 3.61. The van der Waals surface area contributed by atoms with E-state index in [1.807, 2.05) is 19.1 Å². The molecule has 22 heavy (non-hydrogen) atoms. The lowest BCUT2D eigenvalue weighted by molar-refractivity contribution is 0.487. The first-order valence-corrected chi connectivity index (χ1v) is 7.84. The first kappa shape index (κ1) is 19.1. The molecule has 0 saturated heterocycles. The second-order valence-corrected chi connectivity index (χ2v) is 5.97. The zero-order valence-electron chi connectivity index (χ0n) is 13.7. The summed E-state index contributed by atoms with van der Waals surface area (Å²) in [6.45, 7) is 7.61. The van der Waals surface area contributed by atoms with Gasteiger partial charge in [0.2, 0.25) is 0 Å².